The number of aryl methyl sites for hydroxylation is 3. The second kappa shape index (κ2) is 5.13. The Morgan fingerprint density at radius 2 is 1.95 bits per heavy atom. The molecule has 3 nitrogen and oxygen atoms in total. The monoisotopic (exact) mass is 261 g/mol. The summed E-state index contributed by atoms with van der Waals surface area (Å²) in [7, 11) is 3.74. The summed E-state index contributed by atoms with van der Waals surface area (Å²) in [5.41, 5.74) is 4.65. The Morgan fingerprint density at radius 1 is 1.26 bits per heavy atom. The van der Waals surface area contributed by atoms with E-state index in [1.54, 1.807) is 16.9 Å². The molecule has 0 spiro atoms. The Kier molecular flexibility index (Phi) is 3.71. The number of halogens is 1. The first-order valence-corrected chi connectivity index (χ1v) is 6.38. The van der Waals surface area contributed by atoms with Crippen molar-refractivity contribution in [1.82, 2.24) is 15.1 Å². The summed E-state index contributed by atoms with van der Waals surface area (Å²) in [5, 5.41) is 7.44. The summed E-state index contributed by atoms with van der Waals surface area (Å²) in [6, 6.07) is 3.42. The fraction of sp³-hybridized carbons (Fsp3) is 0.400. The molecule has 1 aromatic carbocycles. The standard InChI is InChI=1S/C15H20FN3/c1-9-6-10(2)14(13(16)7-9)15(17-4)12-8-18-19(5)11(12)3/h6-8,15,17H,1-5H3. The maximum atomic E-state index is 14.3. The van der Waals surface area contributed by atoms with Crippen molar-refractivity contribution in [1.29, 1.82) is 0 Å². The van der Waals surface area contributed by atoms with Crippen molar-refractivity contribution in [3.63, 3.8) is 0 Å². The lowest BCUT2D eigenvalue weighted by molar-refractivity contribution is 0.570. The van der Waals surface area contributed by atoms with Crippen molar-refractivity contribution >= 4 is 0 Å². The summed E-state index contributed by atoms with van der Waals surface area (Å²) in [5.74, 6) is -0.167. The van der Waals surface area contributed by atoms with Crippen LogP contribution >= 0.6 is 0 Å². The highest BCUT2D eigenvalue weighted by Gasteiger charge is 2.22. The van der Waals surface area contributed by atoms with Crippen LogP contribution in [0.4, 0.5) is 4.39 Å². The molecule has 0 bridgehead atoms. The molecule has 0 saturated heterocycles. The van der Waals surface area contributed by atoms with Crippen LogP contribution in [0.2, 0.25) is 0 Å². The Balaban J connectivity index is 2.58. The third-order valence-corrected chi connectivity index (χ3v) is 3.64. The first-order valence-electron chi connectivity index (χ1n) is 6.38. The number of nitrogens with zero attached hydrogens (tertiary/aromatic N) is 2. The molecule has 2 rings (SSSR count). The number of hydrogen-bond acceptors (Lipinski definition) is 2. The number of benzene rings is 1. The summed E-state index contributed by atoms with van der Waals surface area (Å²) < 4.78 is 16.1. The lowest BCUT2D eigenvalue weighted by atomic mass is 9.93. The Bertz CT molecular complexity index is 578. The average Bonchev–Trinajstić information content (AvgIpc) is 2.65. The van der Waals surface area contributed by atoms with Crippen LogP contribution < -0.4 is 5.32 Å². The van der Waals surface area contributed by atoms with E-state index in [1.165, 1.54) is 0 Å². The first-order chi connectivity index (χ1) is 8.95. The number of aromatic nitrogens is 2. The van der Waals surface area contributed by atoms with E-state index in [1.807, 2.05) is 40.9 Å². The van der Waals surface area contributed by atoms with Crippen LogP contribution in [0, 0.1) is 26.6 Å². The maximum absolute atomic E-state index is 14.3. The van der Waals surface area contributed by atoms with Crippen molar-refractivity contribution in [2.45, 2.75) is 26.8 Å². The molecule has 1 aromatic heterocycles. The molecule has 0 radical (unpaired) electrons. The third-order valence-electron chi connectivity index (χ3n) is 3.64. The van der Waals surface area contributed by atoms with Crippen molar-refractivity contribution < 1.29 is 4.39 Å². The molecule has 1 N–H and O–H groups in total. The molecular weight excluding hydrogens is 241 g/mol. The quantitative estimate of drug-likeness (QED) is 0.920. The Labute approximate surface area is 113 Å². The van der Waals surface area contributed by atoms with Crippen molar-refractivity contribution in [2.75, 3.05) is 7.05 Å². The van der Waals surface area contributed by atoms with Crippen LogP contribution in [0.1, 0.15) is 34.0 Å². The van der Waals surface area contributed by atoms with Crippen LogP contribution in [0.3, 0.4) is 0 Å². The zero-order valence-corrected chi connectivity index (χ0v) is 12.1. The average molecular weight is 261 g/mol. The summed E-state index contributed by atoms with van der Waals surface area (Å²) in [4.78, 5) is 0. The fourth-order valence-electron chi connectivity index (χ4n) is 2.55. The number of hydrogen-bond donors (Lipinski definition) is 1. The van der Waals surface area contributed by atoms with Crippen LogP contribution in [-0.2, 0) is 7.05 Å². The largest absolute Gasteiger partial charge is 0.309 e. The zero-order chi connectivity index (χ0) is 14.2. The molecule has 0 aliphatic carbocycles. The predicted octanol–water partition coefficient (Wildman–Crippen LogP) is 2.79. The SMILES string of the molecule is CNC(c1cnn(C)c1C)c1c(C)cc(C)cc1F. The highest BCUT2D eigenvalue weighted by molar-refractivity contribution is 5.40. The fourth-order valence-corrected chi connectivity index (χ4v) is 2.55. The second-order valence-electron chi connectivity index (χ2n) is 5.01. The number of nitrogens with one attached hydrogen (secondary N) is 1. The van der Waals surface area contributed by atoms with E-state index in [4.69, 9.17) is 0 Å². The first kappa shape index (κ1) is 13.7. The molecule has 1 atom stereocenters. The van der Waals surface area contributed by atoms with Crippen LogP contribution in [0.15, 0.2) is 18.3 Å². The molecule has 0 amide bonds. The molecular formula is C15H20FN3. The molecule has 0 fully saturated rings. The van der Waals surface area contributed by atoms with Gasteiger partial charge in [0.1, 0.15) is 5.82 Å². The van der Waals surface area contributed by atoms with E-state index in [0.29, 0.717) is 5.56 Å². The molecule has 4 heteroatoms. The van der Waals surface area contributed by atoms with Crippen LogP contribution in [-0.4, -0.2) is 16.8 Å². The van der Waals surface area contributed by atoms with Gasteiger partial charge in [-0.1, -0.05) is 6.07 Å². The lowest BCUT2D eigenvalue weighted by Crippen LogP contribution is -2.21. The normalized spacial score (nSPS) is 12.7. The predicted molar refractivity (Wildman–Crippen MR) is 74.7 cm³/mol. The molecule has 1 unspecified atom stereocenters. The molecule has 102 valence electrons. The lowest BCUT2D eigenvalue weighted by Gasteiger charge is -2.20. The van der Waals surface area contributed by atoms with Gasteiger partial charge < -0.3 is 5.32 Å². The highest BCUT2D eigenvalue weighted by atomic mass is 19.1. The molecule has 1 heterocycles. The van der Waals surface area contributed by atoms with Gasteiger partial charge in [0.2, 0.25) is 0 Å². The van der Waals surface area contributed by atoms with Gasteiger partial charge in [-0.3, -0.25) is 4.68 Å². The summed E-state index contributed by atoms with van der Waals surface area (Å²) in [6.45, 7) is 5.85. The maximum Gasteiger partial charge on any atom is 0.128 e. The van der Waals surface area contributed by atoms with Gasteiger partial charge in [0.25, 0.3) is 0 Å². The van der Waals surface area contributed by atoms with Gasteiger partial charge >= 0.3 is 0 Å². The molecule has 0 saturated carbocycles. The molecule has 2 aromatic rings. The Morgan fingerprint density at radius 3 is 2.42 bits per heavy atom. The second-order valence-corrected chi connectivity index (χ2v) is 5.01. The van der Waals surface area contributed by atoms with Gasteiger partial charge in [-0.25, -0.2) is 4.39 Å². The van der Waals surface area contributed by atoms with Gasteiger partial charge in [-0.15, -0.1) is 0 Å². The van der Waals surface area contributed by atoms with Gasteiger partial charge in [-0.05, 0) is 45.0 Å². The topological polar surface area (TPSA) is 29.9 Å². The summed E-state index contributed by atoms with van der Waals surface area (Å²) >= 11 is 0. The molecule has 19 heavy (non-hydrogen) atoms. The molecule has 0 aliphatic rings. The number of rotatable bonds is 3. The smallest absolute Gasteiger partial charge is 0.128 e. The van der Waals surface area contributed by atoms with Crippen molar-refractivity contribution in [2.24, 2.45) is 7.05 Å². The van der Waals surface area contributed by atoms with Crippen molar-refractivity contribution in [3.05, 3.63) is 52.1 Å². The van der Waals surface area contributed by atoms with E-state index >= 15 is 0 Å². The minimum Gasteiger partial charge on any atom is -0.309 e. The van der Waals surface area contributed by atoms with Crippen LogP contribution in [0.25, 0.3) is 0 Å². The van der Waals surface area contributed by atoms with Gasteiger partial charge in [0.05, 0.1) is 12.2 Å². The minimum atomic E-state index is -0.172. The van der Waals surface area contributed by atoms with E-state index < -0.39 is 0 Å². The minimum absolute atomic E-state index is 0.167. The molecule has 0 aliphatic heterocycles. The zero-order valence-electron chi connectivity index (χ0n) is 12.1. The van der Waals surface area contributed by atoms with E-state index in [2.05, 4.69) is 10.4 Å². The highest BCUT2D eigenvalue weighted by Crippen LogP contribution is 2.29. The van der Waals surface area contributed by atoms with E-state index in [9.17, 15) is 4.39 Å². The van der Waals surface area contributed by atoms with Gasteiger partial charge in [0, 0.05) is 23.9 Å². The van der Waals surface area contributed by atoms with Crippen molar-refractivity contribution in [3.8, 4) is 0 Å². The van der Waals surface area contributed by atoms with Crippen LogP contribution in [0.5, 0.6) is 0 Å². The summed E-state index contributed by atoms with van der Waals surface area (Å²) in [6.07, 6.45) is 1.80. The Hall–Kier alpha value is -1.68. The van der Waals surface area contributed by atoms with Gasteiger partial charge in [0.15, 0.2) is 0 Å². The third kappa shape index (κ3) is 2.40. The van der Waals surface area contributed by atoms with E-state index in [-0.39, 0.29) is 11.9 Å². The van der Waals surface area contributed by atoms with E-state index in [0.717, 1.165) is 22.4 Å². The van der Waals surface area contributed by atoms with Gasteiger partial charge in [-0.2, -0.15) is 5.10 Å².